The Labute approximate surface area is 311 Å². The Morgan fingerprint density at radius 2 is 1.27 bits per heavy atom. The first kappa shape index (κ1) is 45.6. The third-order valence-corrected chi connectivity index (χ3v) is 10.4. The van der Waals surface area contributed by atoms with Crippen LogP contribution in [-0.2, 0) is 61.8 Å². The molecule has 2 rings (SSSR count). The SMILES string of the molecule is CO[C@H]1C[C@H](CC[C@H](C)[C@H](OC(C)=O)[C@H](C)[C@@H](OC(C)=O)[C@@H](C)[C@@H](C[C@H](OC(C)=O)[C@H](C)[C@H](C[C@@H]2CC=C[C@@H](OC)O2)OC)OC(C)=O)O[C@@H](C)C1. The fraction of sp³-hybridized carbons (Fsp3) is 0.846. The highest BCUT2D eigenvalue weighted by Crippen LogP contribution is 2.35. The monoisotopic (exact) mass is 742 g/mol. The minimum absolute atomic E-state index is 0.000330. The van der Waals surface area contributed by atoms with Crippen LogP contribution in [0.2, 0.25) is 0 Å². The molecule has 13 nitrogen and oxygen atoms in total. The predicted octanol–water partition coefficient (Wildman–Crippen LogP) is 5.73. The third-order valence-electron chi connectivity index (χ3n) is 10.4. The fourth-order valence-electron chi connectivity index (χ4n) is 7.75. The van der Waals surface area contributed by atoms with Crippen LogP contribution < -0.4 is 0 Å². The number of carbonyl (C=O) groups is 4. The van der Waals surface area contributed by atoms with Gasteiger partial charge in [-0.25, -0.2) is 0 Å². The van der Waals surface area contributed by atoms with Gasteiger partial charge in [-0.05, 0) is 51.0 Å². The number of hydrogen-bond donors (Lipinski definition) is 0. The molecule has 1 saturated heterocycles. The minimum Gasteiger partial charge on any atom is -0.462 e. The number of hydrogen-bond acceptors (Lipinski definition) is 13. The molecule has 52 heavy (non-hydrogen) atoms. The number of rotatable bonds is 21. The average molecular weight is 743 g/mol. The molecule has 2 aliphatic rings. The highest BCUT2D eigenvalue weighted by Gasteiger charge is 2.43. The van der Waals surface area contributed by atoms with E-state index in [-0.39, 0.29) is 48.8 Å². The summed E-state index contributed by atoms with van der Waals surface area (Å²) in [5.74, 6) is -3.62. The van der Waals surface area contributed by atoms with Gasteiger partial charge in [0.1, 0.15) is 24.4 Å². The van der Waals surface area contributed by atoms with Crippen LogP contribution in [0, 0.1) is 23.7 Å². The van der Waals surface area contributed by atoms with E-state index in [0.29, 0.717) is 19.3 Å². The molecule has 2 aliphatic heterocycles. The topological polar surface area (TPSA) is 151 Å². The number of methoxy groups -OCH3 is 3. The smallest absolute Gasteiger partial charge is 0.302 e. The van der Waals surface area contributed by atoms with Crippen molar-refractivity contribution in [1.82, 2.24) is 0 Å². The number of ether oxygens (including phenoxy) is 9. The van der Waals surface area contributed by atoms with Gasteiger partial charge < -0.3 is 42.6 Å². The largest absolute Gasteiger partial charge is 0.462 e. The molecule has 14 atom stereocenters. The Hall–Kier alpha value is -2.58. The Morgan fingerprint density at radius 1 is 0.692 bits per heavy atom. The molecule has 0 bridgehead atoms. The summed E-state index contributed by atoms with van der Waals surface area (Å²) < 4.78 is 52.8. The van der Waals surface area contributed by atoms with Gasteiger partial charge in [0.15, 0.2) is 6.29 Å². The van der Waals surface area contributed by atoms with Crippen LogP contribution in [0.3, 0.4) is 0 Å². The van der Waals surface area contributed by atoms with E-state index in [9.17, 15) is 19.2 Å². The van der Waals surface area contributed by atoms with E-state index < -0.39 is 66.4 Å². The van der Waals surface area contributed by atoms with Crippen LogP contribution in [0.25, 0.3) is 0 Å². The summed E-state index contributed by atoms with van der Waals surface area (Å²) in [7, 11) is 4.88. The van der Waals surface area contributed by atoms with Gasteiger partial charge in [0.05, 0.1) is 30.5 Å². The molecule has 13 heteroatoms. The predicted molar refractivity (Wildman–Crippen MR) is 192 cm³/mol. The molecule has 0 N–H and O–H groups in total. The van der Waals surface area contributed by atoms with Gasteiger partial charge in [0.2, 0.25) is 0 Å². The van der Waals surface area contributed by atoms with E-state index >= 15 is 0 Å². The molecule has 0 aliphatic carbocycles. The van der Waals surface area contributed by atoms with Crippen LogP contribution in [0.15, 0.2) is 12.2 Å². The standard InChI is InChI=1S/C39H66O13/c1-22(16-17-32-19-33(44-10)18-23(2)47-32)38(50-29(8)42)26(5)39(51-30(9)43)25(4)36(49-28(7)41)21-35(48-27(6)40)24(3)34(45-11)20-31-14-13-15-37(46-12)52-31/h13,15,22-26,31-39H,14,16-21H2,1-12H3/t22-,23-,24+,25-,26-,31-,32-,33+,34-,35-,36+,37-,38-,39-/m0/s1. The molecule has 2 heterocycles. The lowest BCUT2D eigenvalue weighted by Gasteiger charge is -2.40. The summed E-state index contributed by atoms with van der Waals surface area (Å²) in [4.78, 5) is 50.1. The van der Waals surface area contributed by atoms with Gasteiger partial charge in [0, 0.05) is 79.6 Å². The lowest BCUT2D eigenvalue weighted by atomic mass is 9.78. The van der Waals surface area contributed by atoms with Crippen molar-refractivity contribution in [3.63, 3.8) is 0 Å². The first-order valence-corrected chi connectivity index (χ1v) is 18.7. The second-order valence-corrected chi connectivity index (χ2v) is 14.7. The maximum atomic E-state index is 12.6. The van der Waals surface area contributed by atoms with Gasteiger partial charge in [-0.3, -0.25) is 19.2 Å². The summed E-state index contributed by atoms with van der Waals surface area (Å²) >= 11 is 0. The Kier molecular flexibility index (Phi) is 19.8. The van der Waals surface area contributed by atoms with Gasteiger partial charge in [-0.2, -0.15) is 0 Å². The summed E-state index contributed by atoms with van der Waals surface area (Å²) in [5.41, 5.74) is 0. The molecule has 1 fully saturated rings. The van der Waals surface area contributed by atoms with Crippen molar-refractivity contribution < 1.29 is 61.8 Å². The number of esters is 4. The normalized spacial score (nSPS) is 27.1. The molecular weight excluding hydrogens is 676 g/mol. The second-order valence-electron chi connectivity index (χ2n) is 14.7. The Balaban J connectivity index is 2.36. The molecule has 0 aromatic rings. The molecule has 0 aromatic carbocycles. The molecule has 0 aromatic heterocycles. The Morgan fingerprint density at radius 3 is 1.81 bits per heavy atom. The van der Waals surface area contributed by atoms with Crippen molar-refractivity contribution in [2.75, 3.05) is 21.3 Å². The van der Waals surface area contributed by atoms with Crippen LogP contribution in [0.1, 0.15) is 107 Å². The molecular formula is C39H66O13. The van der Waals surface area contributed by atoms with Crippen LogP contribution >= 0.6 is 0 Å². The summed E-state index contributed by atoms with van der Waals surface area (Å²) in [6.07, 6.45) is 4.26. The van der Waals surface area contributed by atoms with Crippen LogP contribution in [0.5, 0.6) is 0 Å². The van der Waals surface area contributed by atoms with Crippen LogP contribution in [0.4, 0.5) is 0 Å². The summed E-state index contributed by atoms with van der Waals surface area (Å²) in [5, 5.41) is 0. The molecule has 0 spiro atoms. The van der Waals surface area contributed by atoms with Crippen molar-refractivity contribution >= 4 is 23.9 Å². The van der Waals surface area contributed by atoms with Crippen LogP contribution in [-0.4, -0.2) is 106 Å². The molecule has 0 saturated carbocycles. The zero-order valence-electron chi connectivity index (χ0n) is 33.5. The maximum absolute atomic E-state index is 12.6. The summed E-state index contributed by atoms with van der Waals surface area (Å²) in [6.45, 7) is 15.0. The first-order valence-electron chi connectivity index (χ1n) is 18.7. The van der Waals surface area contributed by atoms with E-state index in [4.69, 9.17) is 42.6 Å². The van der Waals surface area contributed by atoms with E-state index in [0.717, 1.165) is 19.3 Å². The van der Waals surface area contributed by atoms with Crippen molar-refractivity contribution in [2.24, 2.45) is 23.7 Å². The van der Waals surface area contributed by atoms with E-state index in [1.165, 1.54) is 27.7 Å². The molecule has 0 radical (unpaired) electrons. The molecule has 300 valence electrons. The highest BCUT2D eigenvalue weighted by atomic mass is 16.7. The van der Waals surface area contributed by atoms with E-state index in [1.807, 2.05) is 46.8 Å². The third kappa shape index (κ3) is 15.0. The lowest BCUT2D eigenvalue weighted by Crippen LogP contribution is -2.48. The molecule has 0 unspecified atom stereocenters. The Bertz CT molecular complexity index is 1140. The van der Waals surface area contributed by atoms with E-state index in [2.05, 4.69) is 0 Å². The van der Waals surface area contributed by atoms with Gasteiger partial charge in [-0.15, -0.1) is 0 Å². The van der Waals surface area contributed by atoms with Gasteiger partial charge >= 0.3 is 23.9 Å². The zero-order chi connectivity index (χ0) is 39.1. The number of carbonyl (C=O) groups excluding carboxylic acids is 4. The van der Waals surface area contributed by atoms with Gasteiger partial charge in [-0.1, -0.05) is 33.8 Å². The van der Waals surface area contributed by atoms with Gasteiger partial charge in [0.25, 0.3) is 0 Å². The van der Waals surface area contributed by atoms with Crippen molar-refractivity contribution in [3.05, 3.63) is 12.2 Å². The first-order chi connectivity index (χ1) is 24.5. The lowest BCUT2D eigenvalue weighted by molar-refractivity contribution is -0.175. The van der Waals surface area contributed by atoms with Crippen molar-refractivity contribution in [3.8, 4) is 0 Å². The average Bonchev–Trinajstić information content (AvgIpc) is 3.08. The minimum atomic E-state index is -0.850. The summed E-state index contributed by atoms with van der Waals surface area (Å²) in [6, 6.07) is 0. The molecule has 0 amide bonds. The maximum Gasteiger partial charge on any atom is 0.302 e. The van der Waals surface area contributed by atoms with Crippen molar-refractivity contribution in [2.45, 2.75) is 168 Å². The van der Waals surface area contributed by atoms with Crippen molar-refractivity contribution in [1.29, 1.82) is 0 Å². The zero-order valence-corrected chi connectivity index (χ0v) is 33.5. The second kappa shape index (κ2) is 22.6. The van der Waals surface area contributed by atoms with E-state index in [1.54, 1.807) is 21.3 Å². The quantitative estimate of drug-likeness (QED) is 0.0800. The fourth-order valence-corrected chi connectivity index (χ4v) is 7.75. The highest BCUT2D eigenvalue weighted by molar-refractivity contribution is 5.67.